The van der Waals surface area contributed by atoms with E-state index < -0.39 is 5.97 Å². The zero-order valence-corrected chi connectivity index (χ0v) is 7.99. The Bertz CT molecular complexity index is 167. The van der Waals surface area contributed by atoms with Gasteiger partial charge in [0, 0.05) is 16.1 Å². The molecule has 0 aromatic heterocycles. The third-order valence-corrected chi connectivity index (χ3v) is 2.34. The summed E-state index contributed by atoms with van der Waals surface area (Å²) in [7, 11) is 0. The van der Waals surface area contributed by atoms with Crippen LogP contribution in [0.2, 0.25) is 0 Å². The van der Waals surface area contributed by atoms with Gasteiger partial charge in [0.05, 0.1) is 0 Å². The molecule has 0 spiro atoms. The first kappa shape index (κ1) is 10.6. The van der Waals surface area contributed by atoms with Crippen molar-refractivity contribution in [2.45, 2.75) is 25.5 Å². The molecule has 0 rings (SSSR count). The molecule has 0 aliphatic carbocycles. The average Bonchev–Trinajstić information content (AvgIpc) is 1.80. The Morgan fingerprint density at radius 1 is 1.55 bits per heavy atom. The van der Waals surface area contributed by atoms with Gasteiger partial charge < -0.3 is 5.11 Å². The fraction of sp³-hybridized carbons (Fsp3) is 0.625. The zero-order chi connectivity index (χ0) is 9.07. The summed E-state index contributed by atoms with van der Waals surface area (Å²) in [4.78, 5) is 10.3. The fourth-order valence-corrected chi connectivity index (χ4v) is 1.10. The summed E-state index contributed by atoms with van der Waals surface area (Å²) in [6, 6.07) is 0. The second-order valence-electron chi connectivity index (χ2n) is 3.31. The van der Waals surface area contributed by atoms with Crippen molar-refractivity contribution in [1.29, 1.82) is 0 Å². The normalized spacial score (nSPS) is 11.2. The molecule has 0 atom stereocenters. The van der Waals surface area contributed by atoms with Crippen LogP contribution in [0.1, 0.15) is 20.8 Å². The van der Waals surface area contributed by atoms with Crippen molar-refractivity contribution >= 4 is 17.7 Å². The summed E-state index contributed by atoms with van der Waals surface area (Å²) in [5, 5.41) is 8.47. The van der Waals surface area contributed by atoms with E-state index in [1.165, 1.54) is 0 Å². The van der Waals surface area contributed by atoms with Crippen LogP contribution >= 0.6 is 11.8 Å². The molecule has 0 amide bonds. The molecule has 1 N–H and O–H groups in total. The molecule has 0 radical (unpaired) electrons. The Morgan fingerprint density at radius 2 is 2.00 bits per heavy atom. The third-order valence-electron chi connectivity index (χ3n) is 0.982. The minimum absolute atomic E-state index is 0.110. The van der Waals surface area contributed by atoms with Crippen LogP contribution in [-0.2, 0) is 4.79 Å². The first-order chi connectivity index (χ1) is 4.83. The maximum Gasteiger partial charge on any atom is 0.331 e. The molecule has 0 bridgehead atoms. The predicted molar refractivity (Wildman–Crippen MR) is 49.0 cm³/mol. The number of aliphatic carboxylic acids is 1. The van der Waals surface area contributed by atoms with Crippen molar-refractivity contribution in [2.75, 3.05) is 5.75 Å². The van der Waals surface area contributed by atoms with Crippen LogP contribution in [0.4, 0.5) is 0 Å². The lowest BCUT2D eigenvalue weighted by Gasteiger charge is -2.16. The lowest BCUT2D eigenvalue weighted by atomic mass is 10.3. The maximum atomic E-state index is 10.3. The van der Waals surface area contributed by atoms with Crippen LogP contribution in [0, 0.1) is 0 Å². The number of hydrogen-bond acceptors (Lipinski definition) is 2. The van der Waals surface area contributed by atoms with Crippen molar-refractivity contribution in [3.8, 4) is 0 Å². The van der Waals surface area contributed by atoms with Crippen molar-refractivity contribution < 1.29 is 9.90 Å². The Morgan fingerprint density at radius 3 is 2.27 bits per heavy atom. The molecule has 2 nitrogen and oxygen atoms in total. The predicted octanol–water partition coefficient (Wildman–Crippen LogP) is 2.16. The number of carbonyl (C=O) groups is 1. The smallest absolute Gasteiger partial charge is 0.331 e. The highest BCUT2D eigenvalue weighted by Crippen LogP contribution is 2.24. The molecule has 0 aromatic rings. The van der Waals surface area contributed by atoms with Crippen LogP contribution in [0.25, 0.3) is 0 Å². The summed E-state index contributed by atoms with van der Waals surface area (Å²) >= 11 is 1.59. The average molecular weight is 174 g/mol. The Balaban J connectivity index is 3.73. The van der Waals surface area contributed by atoms with E-state index in [2.05, 4.69) is 6.58 Å². The summed E-state index contributed by atoms with van der Waals surface area (Å²) in [6.07, 6.45) is 0. The molecule has 11 heavy (non-hydrogen) atoms. The highest BCUT2D eigenvalue weighted by molar-refractivity contribution is 8.00. The number of carboxylic acid groups (broad SMARTS) is 1. The molecule has 0 saturated carbocycles. The minimum atomic E-state index is -0.901. The van der Waals surface area contributed by atoms with Crippen molar-refractivity contribution in [1.82, 2.24) is 0 Å². The van der Waals surface area contributed by atoms with Crippen LogP contribution in [0.15, 0.2) is 12.2 Å². The molecular weight excluding hydrogens is 160 g/mol. The van der Waals surface area contributed by atoms with Crippen LogP contribution in [0.5, 0.6) is 0 Å². The van der Waals surface area contributed by atoms with Gasteiger partial charge in [-0.2, -0.15) is 11.8 Å². The SMILES string of the molecule is C=C(CSC(C)(C)C)C(=O)O. The van der Waals surface area contributed by atoms with Gasteiger partial charge in [0.1, 0.15) is 0 Å². The standard InChI is InChI=1S/C8H14O2S/c1-6(7(9)10)5-11-8(2,3)4/h1,5H2,2-4H3,(H,9,10). The lowest BCUT2D eigenvalue weighted by Crippen LogP contribution is -2.11. The topological polar surface area (TPSA) is 37.3 Å². The van der Waals surface area contributed by atoms with Gasteiger partial charge in [-0.15, -0.1) is 0 Å². The van der Waals surface area contributed by atoms with Gasteiger partial charge >= 0.3 is 5.97 Å². The molecule has 0 fully saturated rings. The molecule has 0 aliphatic heterocycles. The van der Waals surface area contributed by atoms with Crippen molar-refractivity contribution in [2.24, 2.45) is 0 Å². The van der Waals surface area contributed by atoms with E-state index in [1.807, 2.05) is 20.8 Å². The zero-order valence-electron chi connectivity index (χ0n) is 7.18. The van der Waals surface area contributed by atoms with Crippen molar-refractivity contribution in [3.05, 3.63) is 12.2 Å². The van der Waals surface area contributed by atoms with E-state index in [0.717, 1.165) is 0 Å². The first-order valence-corrected chi connectivity index (χ1v) is 4.36. The Kier molecular flexibility index (Phi) is 3.66. The Hall–Kier alpha value is -0.440. The van der Waals surface area contributed by atoms with Crippen LogP contribution in [-0.4, -0.2) is 21.6 Å². The van der Waals surface area contributed by atoms with E-state index in [0.29, 0.717) is 5.75 Å². The van der Waals surface area contributed by atoms with E-state index >= 15 is 0 Å². The molecule has 0 unspecified atom stereocenters. The van der Waals surface area contributed by atoms with E-state index in [4.69, 9.17) is 5.11 Å². The Labute approximate surface area is 71.7 Å². The summed E-state index contributed by atoms with van der Waals surface area (Å²) in [6.45, 7) is 9.58. The van der Waals surface area contributed by atoms with Crippen LogP contribution in [0.3, 0.4) is 0 Å². The highest BCUT2D eigenvalue weighted by Gasteiger charge is 2.13. The minimum Gasteiger partial charge on any atom is -0.478 e. The molecule has 0 aliphatic rings. The molecule has 64 valence electrons. The van der Waals surface area contributed by atoms with E-state index in [-0.39, 0.29) is 10.3 Å². The second kappa shape index (κ2) is 3.81. The summed E-state index contributed by atoms with van der Waals surface area (Å²) < 4.78 is 0.110. The number of thioether (sulfide) groups is 1. The van der Waals surface area contributed by atoms with Gasteiger partial charge in [0.25, 0.3) is 0 Å². The summed E-state index contributed by atoms with van der Waals surface area (Å²) in [5.41, 5.74) is 0.268. The summed E-state index contributed by atoms with van der Waals surface area (Å²) in [5.74, 6) is -0.402. The molecule has 0 heterocycles. The van der Waals surface area contributed by atoms with Crippen LogP contribution < -0.4 is 0 Å². The third kappa shape index (κ3) is 5.98. The molecule has 0 aromatic carbocycles. The van der Waals surface area contributed by atoms with E-state index in [1.54, 1.807) is 11.8 Å². The molecule has 0 saturated heterocycles. The van der Waals surface area contributed by atoms with Gasteiger partial charge in [0.15, 0.2) is 0 Å². The van der Waals surface area contributed by atoms with Gasteiger partial charge in [-0.3, -0.25) is 0 Å². The monoisotopic (exact) mass is 174 g/mol. The number of hydrogen-bond donors (Lipinski definition) is 1. The second-order valence-corrected chi connectivity index (χ2v) is 5.11. The molecule has 3 heteroatoms. The number of rotatable bonds is 3. The number of carboxylic acids is 1. The quantitative estimate of drug-likeness (QED) is 0.666. The van der Waals surface area contributed by atoms with E-state index in [9.17, 15) is 4.79 Å². The van der Waals surface area contributed by atoms with Gasteiger partial charge in [-0.1, -0.05) is 27.4 Å². The lowest BCUT2D eigenvalue weighted by molar-refractivity contribution is -0.132. The maximum absolute atomic E-state index is 10.3. The first-order valence-electron chi connectivity index (χ1n) is 3.38. The molecular formula is C8H14O2S. The highest BCUT2D eigenvalue weighted by atomic mass is 32.2. The van der Waals surface area contributed by atoms with Gasteiger partial charge in [0.2, 0.25) is 0 Å². The van der Waals surface area contributed by atoms with Gasteiger partial charge in [-0.25, -0.2) is 4.79 Å². The van der Waals surface area contributed by atoms with Gasteiger partial charge in [-0.05, 0) is 0 Å². The van der Waals surface area contributed by atoms with Crippen molar-refractivity contribution in [3.63, 3.8) is 0 Å². The fourth-order valence-electron chi connectivity index (χ4n) is 0.365. The largest absolute Gasteiger partial charge is 0.478 e.